The normalized spacial score (nSPS) is 17.6. The van der Waals surface area contributed by atoms with Gasteiger partial charge in [-0.1, -0.05) is 26.7 Å². The third-order valence-electron chi connectivity index (χ3n) is 3.77. The number of amides is 1. The van der Waals surface area contributed by atoms with Crippen LogP contribution >= 0.6 is 0 Å². The topological polar surface area (TPSA) is 78.4 Å². The van der Waals surface area contributed by atoms with Crippen LogP contribution in [0.2, 0.25) is 0 Å². The smallest absolute Gasteiger partial charge is 0.311 e. The Kier molecular flexibility index (Phi) is 6.28. The first kappa shape index (κ1) is 16.0. The van der Waals surface area contributed by atoms with Crippen LogP contribution in [0.25, 0.3) is 0 Å². The van der Waals surface area contributed by atoms with E-state index in [9.17, 15) is 14.7 Å². The minimum atomic E-state index is -0.772. The highest BCUT2D eigenvalue weighted by Gasteiger charge is 2.41. The third kappa shape index (κ3) is 5.19. The van der Waals surface area contributed by atoms with Gasteiger partial charge < -0.3 is 15.7 Å². The van der Waals surface area contributed by atoms with Crippen LogP contribution in [0.5, 0.6) is 0 Å². The Morgan fingerprint density at radius 3 is 2.42 bits per heavy atom. The fraction of sp³-hybridized carbons (Fsp3) is 0.857. The first-order chi connectivity index (χ1) is 8.96. The maximum absolute atomic E-state index is 11.7. The summed E-state index contributed by atoms with van der Waals surface area (Å²) in [5.41, 5.74) is -0.716. The van der Waals surface area contributed by atoms with Crippen molar-refractivity contribution in [3.05, 3.63) is 0 Å². The molecule has 5 heteroatoms. The predicted molar refractivity (Wildman–Crippen MR) is 73.9 cm³/mol. The molecule has 1 rings (SSSR count). The first-order valence-electron chi connectivity index (χ1n) is 7.20. The fourth-order valence-corrected chi connectivity index (χ4v) is 2.51. The van der Waals surface area contributed by atoms with E-state index in [1.165, 1.54) is 0 Å². The third-order valence-corrected chi connectivity index (χ3v) is 3.77. The molecular weight excluding hydrogens is 244 g/mol. The summed E-state index contributed by atoms with van der Waals surface area (Å²) in [7, 11) is 0. The van der Waals surface area contributed by atoms with Crippen molar-refractivity contribution in [2.45, 2.75) is 58.4 Å². The van der Waals surface area contributed by atoms with Crippen LogP contribution in [-0.2, 0) is 9.59 Å². The van der Waals surface area contributed by atoms with E-state index in [0.717, 1.165) is 25.8 Å². The summed E-state index contributed by atoms with van der Waals surface area (Å²) < 4.78 is 0. The monoisotopic (exact) mass is 270 g/mol. The van der Waals surface area contributed by atoms with Crippen LogP contribution < -0.4 is 10.6 Å². The minimum Gasteiger partial charge on any atom is -0.481 e. The molecule has 0 aromatic rings. The summed E-state index contributed by atoms with van der Waals surface area (Å²) in [4.78, 5) is 23.0. The van der Waals surface area contributed by atoms with E-state index >= 15 is 0 Å². The summed E-state index contributed by atoms with van der Waals surface area (Å²) in [5.74, 6) is -0.815. The van der Waals surface area contributed by atoms with Crippen LogP contribution in [-0.4, -0.2) is 36.1 Å². The molecule has 0 spiro atoms. The Morgan fingerprint density at radius 2 is 1.89 bits per heavy atom. The molecule has 0 heterocycles. The van der Waals surface area contributed by atoms with Gasteiger partial charge in [0.15, 0.2) is 0 Å². The van der Waals surface area contributed by atoms with Crippen LogP contribution in [0.15, 0.2) is 0 Å². The molecule has 5 nitrogen and oxygen atoms in total. The van der Waals surface area contributed by atoms with Crippen molar-refractivity contribution in [3.63, 3.8) is 0 Å². The lowest BCUT2D eigenvalue weighted by Crippen LogP contribution is -2.41. The molecule has 110 valence electrons. The molecule has 1 saturated carbocycles. The summed E-state index contributed by atoms with van der Waals surface area (Å²) in [6.45, 7) is 5.22. The molecule has 0 radical (unpaired) electrons. The van der Waals surface area contributed by atoms with Gasteiger partial charge in [-0.15, -0.1) is 0 Å². The zero-order chi connectivity index (χ0) is 14.3. The zero-order valence-electron chi connectivity index (χ0n) is 12.0. The number of carbonyl (C=O) groups is 2. The number of rotatable bonds is 8. The largest absolute Gasteiger partial charge is 0.481 e. The Morgan fingerprint density at radius 1 is 1.26 bits per heavy atom. The van der Waals surface area contributed by atoms with Gasteiger partial charge in [-0.05, 0) is 25.8 Å². The molecule has 0 unspecified atom stereocenters. The maximum atomic E-state index is 11.7. The van der Waals surface area contributed by atoms with Gasteiger partial charge in [0.2, 0.25) is 5.91 Å². The molecule has 1 fully saturated rings. The van der Waals surface area contributed by atoms with Gasteiger partial charge in [-0.2, -0.15) is 0 Å². The average Bonchev–Trinajstić information content (AvgIpc) is 2.82. The Balaban J connectivity index is 2.23. The Hall–Kier alpha value is -1.10. The molecule has 0 aromatic heterocycles. The van der Waals surface area contributed by atoms with Crippen molar-refractivity contribution in [1.29, 1.82) is 0 Å². The van der Waals surface area contributed by atoms with Crippen molar-refractivity contribution in [3.8, 4) is 0 Å². The number of carboxylic acid groups (broad SMARTS) is 1. The van der Waals surface area contributed by atoms with Crippen LogP contribution in [0, 0.1) is 5.41 Å². The van der Waals surface area contributed by atoms with Gasteiger partial charge in [-0.25, -0.2) is 0 Å². The highest BCUT2D eigenvalue weighted by molar-refractivity contribution is 5.79. The highest BCUT2D eigenvalue weighted by atomic mass is 16.4. The highest BCUT2D eigenvalue weighted by Crippen LogP contribution is 2.37. The molecule has 0 saturated heterocycles. The van der Waals surface area contributed by atoms with Crippen LogP contribution in [0.1, 0.15) is 52.4 Å². The lowest BCUT2D eigenvalue weighted by Gasteiger charge is -2.24. The van der Waals surface area contributed by atoms with Crippen molar-refractivity contribution in [1.82, 2.24) is 10.6 Å². The summed E-state index contributed by atoms with van der Waals surface area (Å²) in [6.07, 6.45) is 4.48. The molecule has 1 amide bonds. The Bertz CT molecular complexity index is 310. The van der Waals surface area contributed by atoms with E-state index in [1.807, 2.05) is 0 Å². The lowest BCUT2D eigenvalue weighted by molar-refractivity contribution is -0.148. The number of carbonyl (C=O) groups excluding carboxylic acids is 1. The summed E-state index contributed by atoms with van der Waals surface area (Å²) in [6, 6.07) is 0.428. The van der Waals surface area contributed by atoms with Gasteiger partial charge in [0, 0.05) is 19.0 Å². The standard InChI is InChI=1S/C14H26N2O3/c1-11(2)15-9-5-6-12(17)16-10-14(13(18)19)7-3-4-8-14/h11,15H,3-10H2,1-2H3,(H,16,17)(H,18,19). The average molecular weight is 270 g/mol. The summed E-state index contributed by atoms with van der Waals surface area (Å²) >= 11 is 0. The predicted octanol–water partition coefficient (Wildman–Crippen LogP) is 1.53. The van der Waals surface area contributed by atoms with E-state index in [4.69, 9.17) is 0 Å². The number of nitrogens with one attached hydrogen (secondary N) is 2. The Labute approximate surface area is 115 Å². The second kappa shape index (κ2) is 7.48. The van der Waals surface area contributed by atoms with Crippen LogP contribution in [0.4, 0.5) is 0 Å². The van der Waals surface area contributed by atoms with E-state index < -0.39 is 11.4 Å². The number of hydrogen-bond donors (Lipinski definition) is 3. The number of aliphatic carboxylic acids is 1. The van der Waals surface area contributed by atoms with Gasteiger partial charge in [-0.3, -0.25) is 9.59 Å². The lowest BCUT2D eigenvalue weighted by atomic mass is 9.86. The second-order valence-corrected chi connectivity index (χ2v) is 5.78. The van der Waals surface area contributed by atoms with Crippen molar-refractivity contribution < 1.29 is 14.7 Å². The van der Waals surface area contributed by atoms with Gasteiger partial charge >= 0.3 is 5.97 Å². The van der Waals surface area contributed by atoms with Gasteiger partial charge in [0.05, 0.1) is 5.41 Å². The molecule has 3 N–H and O–H groups in total. The van der Waals surface area contributed by atoms with Gasteiger partial charge in [0.25, 0.3) is 0 Å². The second-order valence-electron chi connectivity index (χ2n) is 5.78. The molecule has 0 bridgehead atoms. The number of hydrogen-bond acceptors (Lipinski definition) is 3. The maximum Gasteiger partial charge on any atom is 0.311 e. The van der Waals surface area contributed by atoms with Crippen molar-refractivity contribution in [2.24, 2.45) is 5.41 Å². The zero-order valence-corrected chi connectivity index (χ0v) is 12.0. The van der Waals surface area contributed by atoms with E-state index in [1.54, 1.807) is 0 Å². The minimum absolute atomic E-state index is 0.0434. The molecule has 0 aliphatic heterocycles. The van der Waals surface area contributed by atoms with E-state index in [-0.39, 0.29) is 12.5 Å². The summed E-state index contributed by atoms with van der Waals surface area (Å²) in [5, 5.41) is 15.3. The van der Waals surface area contributed by atoms with Crippen LogP contribution in [0.3, 0.4) is 0 Å². The molecular formula is C14H26N2O3. The van der Waals surface area contributed by atoms with Crippen molar-refractivity contribution in [2.75, 3.05) is 13.1 Å². The molecule has 1 aliphatic carbocycles. The molecule has 0 atom stereocenters. The number of carboxylic acids is 1. The molecule has 19 heavy (non-hydrogen) atoms. The quantitative estimate of drug-likeness (QED) is 0.584. The fourth-order valence-electron chi connectivity index (χ4n) is 2.51. The van der Waals surface area contributed by atoms with E-state index in [0.29, 0.717) is 25.3 Å². The van der Waals surface area contributed by atoms with Gasteiger partial charge in [0.1, 0.15) is 0 Å². The first-order valence-corrected chi connectivity index (χ1v) is 7.20. The van der Waals surface area contributed by atoms with E-state index in [2.05, 4.69) is 24.5 Å². The van der Waals surface area contributed by atoms with Crippen molar-refractivity contribution >= 4 is 11.9 Å². The molecule has 1 aliphatic rings. The molecule has 0 aromatic carbocycles. The SMILES string of the molecule is CC(C)NCCCC(=O)NCC1(C(=O)O)CCCC1.